The minimum atomic E-state index is -0.730. The summed E-state index contributed by atoms with van der Waals surface area (Å²) in [6, 6.07) is 7.79. The summed E-state index contributed by atoms with van der Waals surface area (Å²) >= 11 is 1.42. The lowest BCUT2D eigenvalue weighted by molar-refractivity contribution is -0.126. The molecule has 0 spiro atoms. The fourth-order valence-corrected chi connectivity index (χ4v) is 4.77. The molecule has 7 heteroatoms. The van der Waals surface area contributed by atoms with Gasteiger partial charge in [0.05, 0.1) is 6.04 Å². The average Bonchev–Trinajstić information content (AvgIpc) is 3.42. The van der Waals surface area contributed by atoms with Gasteiger partial charge in [0.25, 0.3) is 0 Å². The number of thiophene rings is 1. The van der Waals surface area contributed by atoms with Crippen LogP contribution in [0.15, 0.2) is 30.3 Å². The molecule has 30 heavy (non-hydrogen) atoms. The quantitative estimate of drug-likeness (QED) is 0.603. The molecular formula is C23H26FNO4S. The van der Waals surface area contributed by atoms with Gasteiger partial charge in [-0.3, -0.25) is 9.69 Å². The van der Waals surface area contributed by atoms with Gasteiger partial charge in [0.2, 0.25) is 0 Å². The highest BCUT2D eigenvalue weighted by molar-refractivity contribution is 7.14. The molecule has 1 aliphatic heterocycles. The van der Waals surface area contributed by atoms with E-state index >= 15 is 0 Å². The normalized spacial score (nSPS) is 17.9. The van der Waals surface area contributed by atoms with Crippen LogP contribution in [-0.2, 0) is 22.5 Å². The zero-order chi connectivity index (χ0) is 21.5. The van der Waals surface area contributed by atoms with Crippen LogP contribution in [0.25, 0.3) is 0 Å². The summed E-state index contributed by atoms with van der Waals surface area (Å²) in [5.74, 6) is -0.213. The lowest BCUT2D eigenvalue weighted by atomic mass is 9.95. The number of carbonyl (C=O) groups is 2. The number of benzene rings is 1. The first-order valence-electron chi connectivity index (χ1n) is 10.3. The maximum absolute atomic E-state index is 14.6. The summed E-state index contributed by atoms with van der Waals surface area (Å²) in [5, 5.41) is 0.479. The van der Waals surface area contributed by atoms with E-state index in [2.05, 4.69) is 0 Å². The Morgan fingerprint density at radius 2 is 1.97 bits per heavy atom. The van der Waals surface area contributed by atoms with E-state index in [-0.39, 0.29) is 17.5 Å². The van der Waals surface area contributed by atoms with Crippen LogP contribution in [0.3, 0.4) is 0 Å². The molecule has 2 heterocycles. The van der Waals surface area contributed by atoms with E-state index in [0.717, 1.165) is 29.7 Å². The largest absolute Gasteiger partial charge is 0.515 e. The number of hydrogen-bond donors (Lipinski definition) is 0. The van der Waals surface area contributed by atoms with Gasteiger partial charge in [-0.2, -0.15) is 0 Å². The number of ether oxygens (including phenoxy) is 2. The van der Waals surface area contributed by atoms with Crippen molar-refractivity contribution in [3.8, 4) is 5.06 Å². The van der Waals surface area contributed by atoms with E-state index in [0.29, 0.717) is 23.7 Å². The number of ketones is 1. The van der Waals surface area contributed by atoms with Crippen LogP contribution in [0.2, 0.25) is 0 Å². The lowest BCUT2D eigenvalue weighted by Gasteiger charge is -2.34. The summed E-state index contributed by atoms with van der Waals surface area (Å²) < 4.78 is 25.1. The van der Waals surface area contributed by atoms with Crippen LogP contribution < -0.4 is 4.74 Å². The van der Waals surface area contributed by atoms with Gasteiger partial charge in [0.1, 0.15) is 11.4 Å². The van der Waals surface area contributed by atoms with Crippen molar-refractivity contribution < 1.29 is 23.5 Å². The molecule has 1 atom stereocenters. The molecule has 1 fully saturated rings. The maximum atomic E-state index is 14.6. The second-order valence-corrected chi connectivity index (χ2v) is 10.0. The van der Waals surface area contributed by atoms with Gasteiger partial charge in [-0.05, 0) is 57.7 Å². The first-order chi connectivity index (χ1) is 14.2. The highest BCUT2D eigenvalue weighted by Crippen LogP contribution is 2.41. The molecule has 1 aromatic carbocycles. The molecule has 0 saturated heterocycles. The molecule has 5 nitrogen and oxygen atoms in total. The monoisotopic (exact) mass is 431 g/mol. The summed E-state index contributed by atoms with van der Waals surface area (Å²) in [6.45, 7) is 6.51. The second-order valence-electron chi connectivity index (χ2n) is 8.90. The van der Waals surface area contributed by atoms with Gasteiger partial charge in [-0.1, -0.05) is 18.2 Å². The second kappa shape index (κ2) is 8.12. The highest BCUT2D eigenvalue weighted by Gasteiger charge is 2.40. The molecule has 160 valence electrons. The molecule has 4 rings (SSSR count). The van der Waals surface area contributed by atoms with E-state index in [1.807, 2.05) is 11.0 Å². The zero-order valence-electron chi connectivity index (χ0n) is 17.4. The molecular weight excluding hydrogens is 405 g/mol. The van der Waals surface area contributed by atoms with Crippen LogP contribution >= 0.6 is 11.3 Å². The number of fused-ring (bicyclic) bond motifs is 1. The van der Waals surface area contributed by atoms with Crippen molar-refractivity contribution in [2.75, 3.05) is 6.54 Å². The Bertz CT molecular complexity index is 960. The van der Waals surface area contributed by atoms with Crippen molar-refractivity contribution in [1.29, 1.82) is 0 Å². The van der Waals surface area contributed by atoms with Crippen molar-refractivity contribution in [3.05, 3.63) is 52.2 Å². The molecule has 0 amide bonds. The molecule has 2 aliphatic rings. The summed E-state index contributed by atoms with van der Waals surface area (Å²) in [6.07, 6.45) is 1.76. The van der Waals surface area contributed by atoms with Crippen LogP contribution in [0.5, 0.6) is 5.06 Å². The van der Waals surface area contributed by atoms with Gasteiger partial charge in [-0.25, -0.2) is 9.18 Å². The average molecular weight is 432 g/mol. The molecule has 1 aliphatic carbocycles. The van der Waals surface area contributed by atoms with Crippen LogP contribution in [0, 0.1) is 11.7 Å². The van der Waals surface area contributed by atoms with E-state index in [1.54, 1.807) is 39.0 Å². The standard InChI is InChI=1S/C23H26FNO4S/c1-23(2,3)29-22(27)28-19-12-15-13-25(11-10-18(15)30-19)20(21(26)14-8-9-14)16-6-4-5-7-17(16)24/h4-7,12,14,20H,8-11,13H2,1-3H3. The molecule has 1 aromatic heterocycles. The predicted octanol–water partition coefficient (Wildman–Crippen LogP) is 5.28. The Balaban J connectivity index is 1.53. The van der Waals surface area contributed by atoms with Crippen LogP contribution in [0.1, 0.15) is 55.7 Å². The zero-order valence-corrected chi connectivity index (χ0v) is 18.3. The predicted molar refractivity (Wildman–Crippen MR) is 112 cm³/mol. The molecule has 0 N–H and O–H groups in total. The molecule has 0 radical (unpaired) electrons. The van der Waals surface area contributed by atoms with Crippen molar-refractivity contribution >= 4 is 23.3 Å². The van der Waals surface area contributed by atoms with Crippen LogP contribution in [0.4, 0.5) is 9.18 Å². The van der Waals surface area contributed by atoms with Crippen LogP contribution in [-0.4, -0.2) is 29.0 Å². The van der Waals surface area contributed by atoms with Crippen molar-refractivity contribution in [1.82, 2.24) is 4.90 Å². The highest BCUT2D eigenvalue weighted by atomic mass is 32.1. The van der Waals surface area contributed by atoms with E-state index in [4.69, 9.17) is 9.47 Å². The smallest absolute Gasteiger partial charge is 0.428 e. The fraction of sp³-hybridized carbons (Fsp3) is 0.478. The Labute approximate surface area is 179 Å². The fourth-order valence-electron chi connectivity index (χ4n) is 3.77. The third-order valence-corrected chi connectivity index (χ3v) is 6.38. The molecule has 1 unspecified atom stereocenters. The maximum Gasteiger partial charge on any atom is 0.515 e. The number of Topliss-reactive ketones (excluding diaryl/α,β-unsaturated/α-hetero) is 1. The first-order valence-corrected chi connectivity index (χ1v) is 11.1. The Morgan fingerprint density at radius 1 is 1.23 bits per heavy atom. The summed E-state index contributed by atoms with van der Waals surface area (Å²) in [4.78, 5) is 28.2. The third-order valence-electron chi connectivity index (χ3n) is 5.26. The van der Waals surface area contributed by atoms with E-state index in [9.17, 15) is 14.0 Å². The summed E-state index contributed by atoms with van der Waals surface area (Å²) in [7, 11) is 0. The van der Waals surface area contributed by atoms with Gasteiger partial charge in [-0.15, -0.1) is 11.3 Å². The Morgan fingerprint density at radius 3 is 2.63 bits per heavy atom. The molecule has 2 aromatic rings. The SMILES string of the molecule is CC(C)(C)OC(=O)Oc1cc2c(s1)CCN(C(C(=O)C1CC1)c1ccccc1F)C2. The minimum Gasteiger partial charge on any atom is -0.428 e. The first kappa shape index (κ1) is 21.0. The van der Waals surface area contributed by atoms with E-state index in [1.165, 1.54) is 17.4 Å². The Kier molecular flexibility index (Phi) is 5.68. The van der Waals surface area contributed by atoms with Gasteiger partial charge < -0.3 is 9.47 Å². The topological polar surface area (TPSA) is 55.8 Å². The van der Waals surface area contributed by atoms with Crippen molar-refractivity contribution in [3.63, 3.8) is 0 Å². The number of halogens is 1. The molecule has 0 bridgehead atoms. The molecule has 1 saturated carbocycles. The van der Waals surface area contributed by atoms with Crippen molar-refractivity contribution in [2.24, 2.45) is 5.92 Å². The number of rotatable bonds is 5. The Hall–Kier alpha value is -2.25. The number of carbonyl (C=O) groups excluding carboxylic acids is 2. The van der Waals surface area contributed by atoms with Crippen molar-refractivity contribution in [2.45, 2.75) is 58.2 Å². The minimum absolute atomic E-state index is 0.0320. The van der Waals surface area contributed by atoms with Gasteiger partial charge in [0.15, 0.2) is 10.8 Å². The lowest BCUT2D eigenvalue weighted by Crippen LogP contribution is -2.38. The number of nitrogens with zero attached hydrogens (tertiary/aromatic N) is 1. The van der Waals surface area contributed by atoms with E-state index < -0.39 is 17.8 Å². The summed E-state index contributed by atoms with van der Waals surface area (Å²) in [5.41, 5.74) is 0.828. The van der Waals surface area contributed by atoms with Gasteiger partial charge >= 0.3 is 6.16 Å². The number of hydrogen-bond acceptors (Lipinski definition) is 6. The van der Waals surface area contributed by atoms with Gasteiger partial charge in [0, 0.05) is 29.4 Å². The third kappa shape index (κ3) is 4.73.